The summed E-state index contributed by atoms with van der Waals surface area (Å²) in [4.78, 5) is 0. The topological polar surface area (TPSA) is 36.5 Å². The third kappa shape index (κ3) is 3.05. The van der Waals surface area contributed by atoms with E-state index in [2.05, 4.69) is 12.8 Å². The van der Waals surface area contributed by atoms with E-state index >= 15 is 0 Å². The molecule has 0 unspecified atom stereocenters. The standard InChI is InChI=1S/C9H3F5NS.H2N.W/c10-5-2-1-4(6-3-15(6)16)7(8(5)11)9(12,13)14;;/h1-3H;1H2;/q2*-1;+2. The Bertz CT molecular complexity index is 489. The Hall–Kier alpha value is -0.592. The Morgan fingerprint density at radius 3 is 2.00 bits per heavy atom. The molecule has 0 fully saturated rings. The Labute approximate surface area is 119 Å². The molecule has 0 bridgehead atoms. The molecule has 0 saturated carbocycles. The van der Waals surface area contributed by atoms with Gasteiger partial charge in [0.2, 0.25) is 0 Å². The molecule has 0 aliphatic carbocycles. The molecule has 18 heavy (non-hydrogen) atoms. The van der Waals surface area contributed by atoms with Gasteiger partial charge in [-0.2, -0.15) is 13.2 Å². The maximum atomic E-state index is 13.1. The van der Waals surface area contributed by atoms with Gasteiger partial charge in [0.25, 0.3) is 0 Å². The summed E-state index contributed by atoms with van der Waals surface area (Å²) in [6, 6.07) is 1.50. The van der Waals surface area contributed by atoms with Gasteiger partial charge in [0, 0.05) is 17.5 Å². The van der Waals surface area contributed by atoms with E-state index in [0.29, 0.717) is 6.07 Å². The van der Waals surface area contributed by atoms with Crippen LogP contribution in [0.2, 0.25) is 0 Å². The van der Waals surface area contributed by atoms with Crippen LogP contribution in [0.5, 0.6) is 0 Å². The van der Waals surface area contributed by atoms with Crippen molar-refractivity contribution in [2.24, 2.45) is 0 Å². The zero-order valence-electron chi connectivity index (χ0n) is 8.46. The van der Waals surface area contributed by atoms with Crippen LogP contribution in [0.4, 0.5) is 22.0 Å². The number of rotatable bonds is 1. The van der Waals surface area contributed by atoms with Crippen molar-refractivity contribution in [2.75, 3.05) is 0 Å². The number of nitrogens with two attached hydrogens (primary N) is 1. The third-order valence-electron chi connectivity index (χ3n) is 2.06. The van der Waals surface area contributed by atoms with Crippen LogP contribution in [0.1, 0.15) is 11.1 Å². The molecule has 0 atom stereocenters. The molecule has 98 valence electrons. The van der Waals surface area contributed by atoms with E-state index in [1.165, 1.54) is 6.20 Å². The van der Waals surface area contributed by atoms with Crippen molar-refractivity contribution in [1.82, 2.24) is 4.31 Å². The molecule has 2 rings (SSSR count). The summed E-state index contributed by atoms with van der Waals surface area (Å²) in [5.41, 5.74) is -2.01. The Morgan fingerprint density at radius 2 is 1.61 bits per heavy atom. The Morgan fingerprint density at radius 1 is 1.11 bits per heavy atom. The minimum Gasteiger partial charge on any atom is -0.693 e. The van der Waals surface area contributed by atoms with E-state index in [-0.39, 0.29) is 32.9 Å². The van der Waals surface area contributed by atoms with Crippen LogP contribution in [-0.2, 0) is 40.1 Å². The van der Waals surface area contributed by atoms with Gasteiger partial charge in [0.1, 0.15) is 5.56 Å². The number of hydrogen-bond acceptors (Lipinski definition) is 2. The molecular weight excluding hydrogens is 447 g/mol. The van der Waals surface area contributed by atoms with Crippen molar-refractivity contribution in [3.05, 3.63) is 47.2 Å². The van der Waals surface area contributed by atoms with Gasteiger partial charge in [-0.3, -0.25) is 0 Å². The fourth-order valence-corrected chi connectivity index (χ4v) is 1.51. The van der Waals surface area contributed by atoms with E-state index in [0.717, 1.165) is 10.4 Å². The number of hydrogen-bond donors (Lipinski definition) is 0. The van der Waals surface area contributed by atoms with Gasteiger partial charge in [0.15, 0.2) is 11.6 Å². The first kappa shape index (κ1) is 17.4. The van der Waals surface area contributed by atoms with E-state index in [9.17, 15) is 22.0 Å². The van der Waals surface area contributed by atoms with Crippen LogP contribution >= 0.6 is 0 Å². The van der Waals surface area contributed by atoms with E-state index in [1.807, 2.05) is 0 Å². The first-order valence-corrected chi connectivity index (χ1v) is 4.42. The average Bonchev–Trinajstić information content (AvgIpc) is 2.85. The predicted molar refractivity (Wildman–Crippen MR) is 53.8 cm³/mol. The van der Waals surface area contributed by atoms with Crippen LogP contribution in [-0.4, -0.2) is 4.31 Å². The fourth-order valence-electron chi connectivity index (χ4n) is 1.31. The van der Waals surface area contributed by atoms with Crippen LogP contribution in [0, 0.1) is 11.6 Å². The quantitative estimate of drug-likeness (QED) is 0.481. The smallest absolute Gasteiger partial charge is 0.693 e. The molecule has 1 aromatic rings. The molecule has 0 saturated heterocycles. The second-order valence-corrected chi connectivity index (χ2v) is 3.52. The van der Waals surface area contributed by atoms with Crippen molar-refractivity contribution in [1.29, 1.82) is 0 Å². The summed E-state index contributed by atoms with van der Waals surface area (Å²) < 4.78 is 64.4. The van der Waals surface area contributed by atoms with Crippen LogP contribution in [0.3, 0.4) is 0 Å². The molecule has 1 aliphatic rings. The summed E-state index contributed by atoms with van der Waals surface area (Å²) in [7, 11) is 0. The SMILES string of the molecule is Fc1ccc(C2=CN2[S-])c(C(F)(F)F)c1F.[NH2-].[W+2]. The van der Waals surface area contributed by atoms with Crippen molar-refractivity contribution in [3.63, 3.8) is 0 Å². The summed E-state index contributed by atoms with van der Waals surface area (Å²) in [5, 5.41) is 0. The van der Waals surface area contributed by atoms with Crippen LogP contribution in [0.15, 0.2) is 18.3 Å². The van der Waals surface area contributed by atoms with Gasteiger partial charge in [-0.25, -0.2) is 8.78 Å². The number of halogens is 5. The Balaban J connectivity index is 0.00000144. The van der Waals surface area contributed by atoms with Crippen molar-refractivity contribution in [2.45, 2.75) is 6.18 Å². The molecule has 2 nitrogen and oxygen atoms in total. The first-order chi connectivity index (χ1) is 7.32. The second kappa shape index (κ2) is 5.59. The number of nitrogens with zero attached hydrogens (tertiary/aromatic N) is 1. The molecule has 0 amide bonds. The van der Waals surface area contributed by atoms with Gasteiger partial charge in [-0.05, 0) is 12.1 Å². The van der Waals surface area contributed by atoms with E-state index in [1.54, 1.807) is 0 Å². The predicted octanol–water partition coefficient (Wildman–Crippen LogP) is 3.77. The molecule has 0 radical (unpaired) electrons. The van der Waals surface area contributed by atoms with Crippen molar-refractivity contribution in [3.8, 4) is 0 Å². The summed E-state index contributed by atoms with van der Waals surface area (Å²) in [6.45, 7) is 0. The second-order valence-electron chi connectivity index (χ2n) is 3.12. The average molecular weight is 452 g/mol. The zero-order chi connectivity index (χ0) is 12.1. The number of alkyl halides is 3. The molecular formula is C9H5F5N2SW. The molecule has 1 aliphatic heterocycles. The zero-order valence-corrected chi connectivity index (χ0v) is 12.2. The summed E-state index contributed by atoms with van der Waals surface area (Å²) >= 11 is 4.55. The minimum absolute atomic E-state index is 0. The fraction of sp³-hybridized carbons (Fsp3) is 0.111. The summed E-state index contributed by atoms with van der Waals surface area (Å²) in [5.74, 6) is -3.44. The monoisotopic (exact) mass is 452 g/mol. The Kier molecular flexibility index (Phi) is 5.40. The van der Waals surface area contributed by atoms with Gasteiger partial charge < -0.3 is 23.3 Å². The van der Waals surface area contributed by atoms with Gasteiger partial charge >= 0.3 is 27.2 Å². The van der Waals surface area contributed by atoms with Gasteiger partial charge in [-0.15, -0.1) is 0 Å². The largest absolute Gasteiger partial charge is 2.00 e. The molecule has 9 heteroatoms. The maximum absolute atomic E-state index is 13.1. The van der Waals surface area contributed by atoms with Crippen molar-refractivity contribution >= 4 is 18.5 Å². The minimum atomic E-state index is -4.96. The maximum Gasteiger partial charge on any atom is 2.00 e. The van der Waals surface area contributed by atoms with Gasteiger partial charge in [-0.1, -0.05) is 0 Å². The van der Waals surface area contributed by atoms with Crippen molar-refractivity contribution < 1.29 is 43.0 Å². The molecule has 1 heterocycles. The summed E-state index contributed by atoms with van der Waals surface area (Å²) in [6.07, 6.45) is -3.74. The first-order valence-electron chi connectivity index (χ1n) is 4.06. The third-order valence-corrected chi connectivity index (χ3v) is 2.37. The van der Waals surface area contributed by atoms with E-state index in [4.69, 9.17) is 0 Å². The van der Waals surface area contributed by atoms with Crippen LogP contribution in [0.25, 0.3) is 11.8 Å². The molecule has 1 aromatic carbocycles. The molecule has 0 spiro atoms. The van der Waals surface area contributed by atoms with E-state index < -0.39 is 28.9 Å². The normalized spacial score (nSPS) is 13.4. The van der Waals surface area contributed by atoms with Gasteiger partial charge in [0.05, 0.1) is 0 Å². The number of benzene rings is 1. The molecule has 0 aromatic heterocycles. The molecule has 2 N–H and O–H groups in total. The van der Waals surface area contributed by atoms with Crippen LogP contribution < -0.4 is 0 Å².